The minimum Gasteiger partial charge on any atom is -0.381 e. The van der Waals surface area contributed by atoms with Crippen LogP contribution in [0, 0.1) is 18.8 Å². The molecule has 0 spiro atoms. The zero-order chi connectivity index (χ0) is 13.4. The molecule has 18 heavy (non-hydrogen) atoms. The van der Waals surface area contributed by atoms with Crippen LogP contribution in [0.1, 0.15) is 31.4 Å². The molecule has 1 aromatic carbocycles. The summed E-state index contributed by atoms with van der Waals surface area (Å²) < 4.78 is 5.67. The van der Waals surface area contributed by atoms with Gasteiger partial charge in [-0.1, -0.05) is 59.6 Å². The highest BCUT2D eigenvalue weighted by Crippen LogP contribution is 2.16. The summed E-state index contributed by atoms with van der Waals surface area (Å²) in [6.45, 7) is 8.28. The van der Waals surface area contributed by atoms with Gasteiger partial charge in [-0.25, -0.2) is 0 Å². The minimum atomic E-state index is 0.629. The van der Waals surface area contributed by atoms with Gasteiger partial charge in [-0.15, -0.1) is 0 Å². The smallest absolute Gasteiger partial charge is 0.0488 e. The normalized spacial score (nSPS) is 12.9. The van der Waals surface area contributed by atoms with Gasteiger partial charge in [-0.3, -0.25) is 0 Å². The van der Waals surface area contributed by atoms with E-state index in [1.165, 1.54) is 11.1 Å². The first-order valence-electron chi connectivity index (χ1n) is 6.81. The van der Waals surface area contributed by atoms with Crippen molar-refractivity contribution >= 4 is 15.9 Å². The van der Waals surface area contributed by atoms with E-state index >= 15 is 0 Å². The van der Waals surface area contributed by atoms with Gasteiger partial charge in [0.05, 0.1) is 0 Å². The molecule has 0 aliphatic rings. The Balaban J connectivity index is 2.33. The number of hydrogen-bond acceptors (Lipinski definition) is 1. The fraction of sp³-hybridized carbons (Fsp3) is 0.625. The highest BCUT2D eigenvalue weighted by atomic mass is 79.9. The summed E-state index contributed by atoms with van der Waals surface area (Å²) in [4.78, 5) is 0. The van der Waals surface area contributed by atoms with Crippen LogP contribution in [0.4, 0.5) is 0 Å². The molecule has 1 rings (SSSR count). The van der Waals surface area contributed by atoms with Crippen molar-refractivity contribution in [1.29, 1.82) is 0 Å². The molecule has 1 atom stereocenters. The van der Waals surface area contributed by atoms with Crippen molar-refractivity contribution in [3.05, 3.63) is 35.4 Å². The highest BCUT2D eigenvalue weighted by Gasteiger charge is 2.08. The molecule has 0 heterocycles. The van der Waals surface area contributed by atoms with Crippen LogP contribution in [-0.2, 0) is 11.2 Å². The second-order valence-electron chi connectivity index (χ2n) is 5.47. The van der Waals surface area contributed by atoms with Crippen LogP contribution in [0.2, 0.25) is 0 Å². The third-order valence-corrected chi connectivity index (χ3v) is 3.86. The lowest BCUT2D eigenvalue weighted by Crippen LogP contribution is -2.12. The summed E-state index contributed by atoms with van der Waals surface area (Å²) in [6, 6.07) is 8.80. The van der Waals surface area contributed by atoms with E-state index < -0.39 is 0 Å². The van der Waals surface area contributed by atoms with Crippen LogP contribution < -0.4 is 0 Å². The predicted molar refractivity (Wildman–Crippen MR) is 82.4 cm³/mol. The van der Waals surface area contributed by atoms with E-state index in [1.807, 2.05) is 0 Å². The molecule has 0 N–H and O–H groups in total. The summed E-state index contributed by atoms with van der Waals surface area (Å²) in [6.07, 6.45) is 2.27. The van der Waals surface area contributed by atoms with Crippen molar-refractivity contribution in [2.45, 2.75) is 33.6 Å². The van der Waals surface area contributed by atoms with Gasteiger partial charge in [0.1, 0.15) is 0 Å². The van der Waals surface area contributed by atoms with Gasteiger partial charge in [0.15, 0.2) is 0 Å². The molecular weight excluding hydrogens is 288 g/mol. The van der Waals surface area contributed by atoms with Crippen molar-refractivity contribution in [2.24, 2.45) is 11.8 Å². The summed E-state index contributed by atoms with van der Waals surface area (Å²) in [5.74, 6) is 1.29. The number of alkyl halides is 1. The van der Waals surface area contributed by atoms with Gasteiger partial charge in [0, 0.05) is 18.5 Å². The Hall–Kier alpha value is -0.340. The lowest BCUT2D eigenvalue weighted by Gasteiger charge is -2.15. The van der Waals surface area contributed by atoms with Gasteiger partial charge in [0.2, 0.25) is 0 Å². The first-order chi connectivity index (χ1) is 8.61. The molecule has 0 amide bonds. The minimum absolute atomic E-state index is 0.629. The molecule has 0 saturated heterocycles. The second-order valence-corrected chi connectivity index (χ2v) is 6.12. The van der Waals surface area contributed by atoms with Crippen LogP contribution in [0.15, 0.2) is 24.3 Å². The van der Waals surface area contributed by atoms with Gasteiger partial charge in [0.25, 0.3) is 0 Å². The van der Waals surface area contributed by atoms with Crippen molar-refractivity contribution in [3.8, 4) is 0 Å². The summed E-state index contributed by atoms with van der Waals surface area (Å²) in [7, 11) is 0. The van der Waals surface area contributed by atoms with Crippen molar-refractivity contribution in [2.75, 3.05) is 18.5 Å². The number of hydrogen-bond donors (Lipinski definition) is 0. The molecule has 1 aromatic rings. The first-order valence-corrected chi connectivity index (χ1v) is 7.93. The SMILES string of the molecule is Cc1cccc(CC(CBr)CCOCC(C)C)c1. The molecule has 102 valence electrons. The maximum absolute atomic E-state index is 5.67. The molecule has 1 unspecified atom stereocenters. The van der Waals surface area contributed by atoms with Crippen molar-refractivity contribution in [3.63, 3.8) is 0 Å². The van der Waals surface area contributed by atoms with E-state index in [4.69, 9.17) is 4.74 Å². The number of benzene rings is 1. The molecule has 0 radical (unpaired) electrons. The Labute approximate surface area is 120 Å². The third-order valence-electron chi connectivity index (χ3n) is 2.95. The number of halogens is 1. The number of aryl methyl sites for hydroxylation is 1. The average molecular weight is 313 g/mol. The lowest BCUT2D eigenvalue weighted by molar-refractivity contribution is 0.0998. The molecule has 0 saturated carbocycles. The molecule has 0 fully saturated rings. The summed E-state index contributed by atoms with van der Waals surface area (Å²) in [5, 5.41) is 1.05. The second kappa shape index (κ2) is 8.71. The van der Waals surface area contributed by atoms with E-state index in [0.717, 1.165) is 31.4 Å². The van der Waals surface area contributed by atoms with Crippen molar-refractivity contribution < 1.29 is 4.74 Å². The molecule has 2 heteroatoms. The van der Waals surface area contributed by atoms with Crippen LogP contribution >= 0.6 is 15.9 Å². The zero-order valence-electron chi connectivity index (χ0n) is 11.8. The van der Waals surface area contributed by atoms with Gasteiger partial charge < -0.3 is 4.74 Å². The summed E-state index contributed by atoms with van der Waals surface area (Å²) >= 11 is 3.62. The van der Waals surface area contributed by atoms with Crippen LogP contribution in [0.3, 0.4) is 0 Å². The molecule has 0 aliphatic carbocycles. The lowest BCUT2D eigenvalue weighted by atomic mass is 9.97. The van der Waals surface area contributed by atoms with Gasteiger partial charge in [-0.2, -0.15) is 0 Å². The van der Waals surface area contributed by atoms with Gasteiger partial charge >= 0.3 is 0 Å². The van der Waals surface area contributed by atoms with E-state index in [9.17, 15) is 0 Å². The van der Waals surface area contributed by atoms with Crippen LogP contribution in [0.5, 0.6) is 0 Å². The molecule has 0 aliphatic heterocycles. The van der Waals surface area contributed by atoms with E-state index in [1.54, 1.807) is 0 Å². The maximum Gasteiger partial charge on any atom is 0.0488 e. The number of rotatable bonds is 8. The van der Waals surface area contributed by atoms with E-state index in [0.29, 0.717) is 11.8 Å². The average Bonchev–Trinajstić information content (AvgIpc) is 2.33. The van der Waals surface area contributed by atoms with Crippen LogP contribution in [-0.4, -0.2) is 18.5 Å². The Morgan fingerprint density at radius 1 is 1.28 bits per heavy atom. The van der Waals surface area contributed by atoms with E-state index in [2.05, 4.69) is 61.0 Å². The predicted octanol–water partition coefficient (Wildman–Crippen LogP) is 4.61. The highest BCUT2D eigenvalue weighted by molar-refractivity contribution is 9.09. The van der Waals surface area contributed by atoms with Crippen molar-refractivity contribution in [1.82, 2.24) is 0 Å². The molecule has 0 bridgehead atoms. The monoisotopic (exact) mass is 312 g/mol. The Morgan fingerprint density at radius 3 is 2.67 bits per heavy atom. The van der Waals surface area contributed by atoms with Crippen LogP contribution in [0.25, 0.3) is 0 Å². The van der Waals surface area contributed by atoms with Gasteiger partial charge in [-0.05, 0) is 37.2 Å². The Morgan fingerprint density at radius 2 is 2.06 bits per heavy atom. The first kappa shape index (κ1) is 15.7. The largest absolute Gasteiger partial charge is 0.381 e. The third kappa shape index (κ3) is 6.55. The summed E-state index contributed by atoms with van der Waals surface area (Å²) in [5.41, 5.74) is 2.78. The maximum atomic E-state index is 5.67. The fourth-order valence-electron chi connectivity index (χ4n) is 1.98. The van der Waals surface area contributed by atoms with E-state index in [-0.39, 0.29) is 0 Å². The molecule has 0 aromatic heterocycles. The molecular formula is C16H25BrO. The Bertz CT molecular complexity index is 336. The molecule has 1 nitrogen and oxygen atoms in total. The zero-order valence-corrected chi connectivity index (χ0v) is 13.4. The quantitative estimate of drug-likeness (QED) is 0.503. The topological polar surface area (TPSA) is 9.23 Å². The number of ether oxygens (including phenoxy) is 1. The standard InChI is InChI=1S/C16H25BrO/c1-13(2)12-18-8-7-16(11-17)10-15-6-4-5-14(3)9-15/h4-6,9,13,16H,7-8,10-12H2,1-3H3. The fourth-order valence-corrected chi connectivity index (χ4v) is 2.53. The Kier molecular flexibility index (Phi) is 7.60.